The number of nitrogens with one attached hydrogen (secondary N) is 2. The highest BCUT2D eigenvalue weighted by Crippen LogP contribution is 2.32. The summed E-state index contributed by atoms with van der Waals surface area (Å²) < 4.78 is 10.7. The van der Waals surface area contributed by atoms with Crippen LogP contribution in [0.5, 0.6) is 11.5 Å². The van der Waals surface area contributed by atoms with E-state index < -0.39 is 0 Å². The van der Waals surface area contributed by atoms with Crippen molar-refractivity contribution >= 4 is 11.8 Å². The van der Waals surface area contributed by atoms with Gasteiger partial charge in [0.1, 0.15) is 5.82 Å². The van der Waals surface area contributed by atoms with Crippen molar-refractivity contribution < 1.29 is 9.47 Å². The summed E-state index contributed by atoms with van der Waals surface area (Å²) in [4.78, 5) is 10.8. The molecule has 0 aliphatic carbocycles. The van der Waals surface area contributed by atoms with Crippen LogP contribution in [-0.4, -0.2) is 38.9 Å². The second kappa shape index (κ2) is 7.74. The molecular weight excluding hydrogens is 318 g/mol. The fourth-order valence-electron chi connectivity index (χ4n) is 2.45. The van der Waals surface area contributed by atoms with Crippen LogP contribution in [0.2, 0.25) is 0 Å². The molecule has 0 unspecified atom stereocenters. The van der Waals surface area contributed by atoms with Gasteiger partial charge in [-0.15, -0.1) is 0 Å². The van der Waals surface area contributed by atoms with Crippen LogP contribution in [0.15, 0.2) is 41.4 Å². The van der Waals surface area contributed by atoms with Gasteiger partial charge in [0.15, 0.2) is 17.5 Å². The Labute approximate surface area is 147 Å². The largest absolute Gasteiger partial charge is 0.454 e. The third kappa shape index (κ3) is 4.32. The standard InChI is InChI=1S/C18H23N5O2/c1-19-18(21-11-14-5-4-6-17(22-14)23(2)3)20-10-13-7-8-15-16(9-13)25-12-24-15/h4-9H,10-12H2,1-3H3,(H2,19,20,21). The summed E-state index contributed by atoms with van der Waals surface area (Å²) in [5, 5.41) is 6.57. The number of benzene rings is 1. The molecule has 1 aromatic heterocycles. The summed E-state index contributed by atoms with van der Waals surface area (Å²) >= 11 is 0. The fraction of sp³-hybridized carbons (Fsp3) is 0.333. The van der Waals surface area contributed by atoms with E-state index in [9.17, 15) is 0 Å². The number of rotatable bonds is 5. The molecule has 1 aliphatic heterocycles. The molecule has 0 saturated carbocycles. The lowest BCUT2D eigenvalue weighted by Crippen LogP contribution is -2.36. The third-order valence-electron chi connectivity index (χ3n) is 3.81. The molecule has 1 aromatic carbocycles. The quantitative estimate of drug-likeness (QED) is 0.638. The Hall–Kier alpha value is -2.96. The SMILES string of the molecule is CN=C(NCc1ccc2c(c1)OCO2)NCc1cccc(N(C)C)n1. The summed E-state index contributed by atoms with van der Waals surface area (Å²) in [6.45, 7) is 1.53. The van der Waals surface area contributed by atoms with Gasteiger partial charge in [-0.25, -0.2) is 4.98 Å². The second-order valence-corrected chi connectivity index (χ2v) is 5.85. The first-order chi connectivity index (χ1) is 12.2. The zero-order chi connectivity index (χ0) is 17.6. The number of ether oxygens (including phenoxy) is 2. The van der Waals surface area contributed by atoms with Gasteiger partial charge in [-0.2, -0.15) is 0 Å². The highest BCUT2D eigenvalue weighted by Gasteiger charge is 2.13. The number of anilines is 1. The Bertz CT molecular complexity index is 761. The van der Waals surface area contributed by atoms with Crippen molar-refractivity contribution in [1.29, 1.82) is 0 Å². The van der Waals surface area contributed by atoms with E-state index in [0.29, 0.717) is 13.1 Å². The summed E-state index contributed by atoms with van der Waals surface area (Å²) in [7, 11) is 5.70. The molecule has 2 heterocycles. The maximum Gasteiger partial charge on any atom is 0.231 e. The Kier molecular flexibility index (Phi) is 5.23. The van der Waals surface area contributed by atoms with E-state index in [-0.39, 0.29) is 6.79 Å². The van der Waals surface area contributed by atoms with Gasteiger partial charge in [0.05, 0.1) is 12.2 Å². The highest BCUT2D eigenvalue weighted by molar-refractivity contribution is 5.79. The molecule has 0 saturated heterocycles. The summed E-state index contributed by atoms with van der Waals surface area (Å²) in [5.74, 6) is 3.22. The number of guanidine groups is 1. The molecule has 132 valence electrons. The summed E-state index contributed by atoms with van der Waals surface area (Å²) in [6, 6.07) is 11.9. The number of hydrogen-bond donors (Lipinski definition) is 2. The number of nitrogens with zero attached hydrogens (tertiary/aromatic N) is 3. The zero-order valence-corrected chi connectivity index (χ0v) is 14.7. The average Bonchev–Trinajstić information content (AvgIpc) is 3.10. The van der Waals surface area contributed by atoms with E-state index in [1.165, 1.54) is 0 Å². The molecule has 0 bridgehead atoms. The van der Waals surface area contributed by atoms with E-state index >= 15 is 0 Å². The molecule has 25 heavy (non-hydrogen) atoms. The predicted molar refractivity (Wildman–Crippen MR) is 98.2 cm³/mol. The van der Waals surface area contributed by atoms with Gasteiger partial charge in [0.25, 0.3) is 0 Å². The van der Waals surface area contributed by atoms with Gasteiger partial charge in [-0.05, 0) is 29.8 Å². The smallest absolute Gasteiger partial charge is 0.231 e. The average molecular weight is 341 g/mol. The van der Waals surface area contributed by atoms with Crippen LogP contribution < -0.4 is 25.0 Å². The number of aromatic nitrogens is 1. The van der Waals surface area contributed by atoms with Gasteiger partial charge < -0.3 is 25.0 Å². The van der Waals surface area contributed by atoms with Gasteiger partial charge in [-0.1, -0.05) is 12.1 Å². The fourth-order valence-corrected chi connectivity index (χ4v) is 2.45. The van der Waals surface area contributed by atoms with E-state index in [0.717, 1.165) is 34.5 Å². The molecule has 2 aromatic rings. The van der Waals surface area contributed by atoms with E-state index in [2.05, 4.69) is 20.6 Å². The van der Waals surface area contributed by atoms with Crippen molar-refractivity contribution in [3.05, 3.63) is 47.7 Å². The van der Waals surface area contributed by atoms with Crippen molar-refractivity contribution in [2.45, 2.75) is 13.1 Å². The minimum Gasteiger partial charge on any atom is -0.454 e. The maximum absolute atomic E-state index is 5.40. The third-order valence-corrected chi connectivity index (χ3v) is 3.81. The molecular formula is C18H23N5O2. The molecule has 0 atom stereocenters. The summed E-state index contributed by atoms with van der Waals surface area (Å²) in [5.41, 5.74) is 2.05. The van der Waals surface area contributed by atoms with Gasteiger partial charge in [-0.3, -0.25) is 4.99 Å². The molecule has 7 nitrogen and oxygen atoms in total. The van der Waals surface area contributed by atoms with E-state index in [1.807, 2.05) is 55.4 Å². The van der Waals surface area contributed by atoms with Crippen LogP contribution >= 0.6 is 0 Å². The van der Waals surface area contributed by atoms with Gasteiger partial charge in [0, 0.05) is 27.7 Å². The van der Waals surface area contributed by atoms with Crippen LogP contribution in [0.3, 0.4) is 0 Å². The molecule has 0 amide bonds. The molecule has 0 fully saturated rings. The number of pyridine rings is 1. The zero-order valence-electron chi connectivity index (χ0n) is 14.7. The topological polar surface area (TPSA) is 71.0 Å². The van der Waals surface area contributed by atoms with Gasteiger partial charge in [0.2, 0.25) is 6.79 Å². The summed E-state index contributed by atoms with van der Waals surface area (Å²) in [6.07, 6.45) is 0. The van der Waals surface area contributed by atoms with Crippen LogP contribution in [-0.2, 0) is 13.1 Å². The first kappa shape index (κ1) is 16.9. The molecule has 0 spiro atoms. The first-order valence-corrected chi connectivity index (χ1v) is 8.12. The predicted octanol–water partition coefficient (Wildman–Crippen LogP) is 1.74. The Morgan fingerprint density at radius 1 is 1.12 bits per heavy atom. The molecule has 3 rings (SSSR count). The molecule has 2 N–H and O–H groups in total. The van der Waals surface area contributed by atoms with Crippen LogP contribution in [0, 0.1) is 0 Å². The van der Waals surface area contributed by atoms with Gasteiger partial charge >= 0.3 is 0 Å². The van der Waals surface area contributed by atoms with Crippen molar-refractivity contribution in [3.8, 4) is 11.5 Å². The lowest BCUT2D eigenvalue weighted by Gasteiger charge is -2.14. The highest BCUT2D eigenvalue weighted by atomic mass is 16.7. The molecule has 7 heteroatoms. The van der Waals surface area contributed by atoms with Crippen molar-refractivity contribution in [2.75, 3.05) is 32.8 Å². The first-order valence-electron chi connectivity index (χ1n) is 8.12. The normalized spacial score (nSPS) is 12.8. The number of aliphatic imine (C=N–C) groups is 1. The minimum atomic E-state index is 0.286. The second-order valence-electron chi connectivity index (χ2n) is 5.85. The van der Waals surface area contributed by atoms with Crippen LogP contribution in [0.1, 0.15) is 11.3 Å². The van der Waals surface area contributed by atoms with Crippen LogP contribution in [0.4, 0.5) is 5.82 Å². The lowest BCUT2D eigenvalue weighted by molar-refractivity contribution is 0.174. The number of fused-ring (bicyclic) bond motifs is 1. The monoisotopic (exact) mass is 341 g/mol. The minimum absolute atomic E-state index is 0.286. The number of hydrogen-bond acceptors (Lipinski definition) is 5. The van der Waals surface area contributed by atoms with Crippen molar-refractivity contribution in [2.24, 2.45) is 4.99 Å². The molecule has 1 aliphatic rings. The van der Waals surface area contributed by atoms with E-state index in [1.54, 1.807) is 7.05 Å². The Balaban J connectivity index is 1.54. The van der Waals surface area contributed by atoms with Crippen molar-refractivity contribution in [3.63, 3.8) is 0 Å². The Morgan fingerprint density at radius 2 is 1.92 bits per heavy atom. The lowest BCUT2D eigenvalue weighted by atomic mass is 10.2. The van der Waals surface area contributed by atoms with E-state index in [4.69, 9.17) is 9.47 Å². The molecule has 0 radical (unpaired) electrons. The maximum atomic E-state index is 5.40. The Morgan fingerprint density at radius 3 is 2.72 bits per heavy atom. The van der Waals surface area contributed by atoms with Crippen molar-refractivity contribution in [1.82, 2.24) is 15.6 Å². The van der Waals surface area contributed by atoms with Crippen LogP contribution in [0.25, 0.3) is 0 Å².